The predicted molar refractivity (Wildman–Crippen MR) is 102 cm³/mol. The van der Waals surface area contributed by atoms with Crippen LogP contribution < -0.4 is 9.47 Å². The SMILES string of the molecule is C/C=C/COc1cc(C)c(OCc2ccc(C=NOC)cc2F)c(C)c1. The van der Waals surface area contributed by atoms with Gasteiger partial charge in [0.2, 0.25) is 0 Å². The molecule has 0 spiro atoms. The summed E-state index contributed by atoms with van der Waals surface area (Å²) < 4.78 is 25.7. The summed E-state index contributed by atoms with van der Waals surface area (Å²) >= 11 is 0. The molecule has 2 rings (SSSR count). The van der Waals surface area contributed by atoms with Crippen molar-refractivity contribution in [1.29, 1.82) is 0 Å². The molecule has 0 aliphatic heterocycles. The van der Waals surface area contributed by atoms with Crippen LogP contribution in [0.3, 0.4) is 0 Å². The van der Waals surface area contributed by atoms with Crippen LogP contribution in [0.25, 0.3) is 0 Å². The van der Waals surface area contributed by atoms with Gasteiger partial charge in [0.05, 0.1) is 6.21 Å². The molecular weight excluding hydrogens is 333 g/mol. The molecule has 138 valence electrons. The lowest BCUT2D eigenvalue weighted by Crippen LogP contribution is -2.03. The zero-order valence-corrected chi connectivity index (χ0v) is 15.6. The Kier molecular flexibility index (Phi) is 7.21. The molecule has 2 aromatic carbocycles. The molecule has 4 nitrogen and oxygen atoms in total. The highest BCUT2D eigenvalue weighted by molar-refractivity contribution is 5.79. The van der Waals surface area contributed by atoms with E-state index >= 15 is 0 Å². The molecule has 0 aliphatic carbocycles. The van der Waals surface area contributed by atoms with E-state index < -0.39 is 0 Å². The summed E-state index contributed by atoms with van der Waals surface area (Å²) in [7, 11) is 1.44. The van der Waals surface area contributed by atoms with Gasteiger partial charge in [0.1, 0.15) is 37.6 Å². The standard InChI is InChI=1S/C21H24FNO3/c1-5-6-9-25-19-10-15(2)21(16(3)11-19)26-14-18-8-7-17(12-20(18)22)13-23-24-4/h5-8,10-13H,9,14H2,1-4H3/b6-5+,23-13?. The number of oxime groups is 1. The van der Waals surface area contributed by atoms with E-state index in [1.54, 1.807) is 12.1 Å². The molecule has 0 atom stereocenters. The van der Waals surface area contributed by atoms with Gasteiger partial charge in [-0.15, -0.1) is 0 Å². The molecule has 0 heterocycles. The second-order valence-electron chi connectivity index (χ2n) is 5.82. The summed E-state index contributed by atoms with van der Waals surface area (Å²) in [6.45, 7) is 6.53. The Morgan fingerprint density at radius 2 is 1.81 bits per heavy atom. The van der Waals surface area contributed by atoms with Gasteiger partial charge in [-0.2, -0.15) is 0 Å². The van der Waals surface area contributed by atoms with E-state index in [4.69, 9.17) is 9.47 Å². The molecule has 5 heteroatoms. The highest BCUT2D eigenvalue weighted by atomic mass is 19.1. The Labute approximate surface area is 153 Å². The molecule has 0 saturated heterocycles. The summed E-state index contributed by atoms with van der Waals surface area (Å²) in [6.07, 6.45) is 5.34. The van der Waals surface area contributed by atoms with Gasteiger partial charge in [-0.1, -0.05) is 29.4 Å². The van der Waals surface area contributed by atoms with Crippen molar-refractivity contribution < 1.29 is 18.7 Å². The van der Waals surface area contributed by atoms with Crippen molar-refractivity contribution in [2.45, 2.75) is 27.4 Å². The van der Waals surface area contributed by atoms with E-state index in [0.29, 0.717) is 17.7 Å². The highest BCUT2D eigenvalue weighted by Gasteiger charge is 2.10. The van der Waals surface area contributed by atoms with Gasteiger partial charge in [-0.25, -0.2) is 4.39 Å². The topological polar surface area (TPSA) is 40.0 Å². The predicted octanol–water partition coefficient (Wildman–Crippen LogP) is 4.96. The van der Waals surface area contributed by atoms with Crippen LogP contribution in [0.4, 0.5) is 4.39 Å². The number of rotatable bonds is 8. The number of halogens is 1. The third kappa shape index (κ3) is 5.34. The quantitative estimate of drug-likeness (QED) is 0.381. The summed E-state index contributed by atoms with van der Waals surface area (Å²) in [4.78, 5) is 4.60. The maximum Gasteiger partial charge on any atom is 0.130 e. The number of hydrogen-bond acceptors (Lipinski definition) is 4. The number of ether oxygens (including phenoxy) is 2. The van der Waals surface area contributed by atoms with Crippen molar-refractivity contribution >= 4 is 6.21 Å². The lowest BCUT2D eigenvalue weighted by atomic mass is 10.1. The van der Waals surface area contributed by atoms with Crippen molar-refractivity contribution in [3.63, 3.8) is 0 Å². The van der Waals surface area contributed by atoms with E-state index in [-0.39, 0.29) is 12.4 Å². The molecule has 2 aromatic rings. The first kappa shape index (κ1) is 19.5. The van der Waals surface area contributed by atoms with Crippen LogP contribution in [0, 0.1) is 19.7 Å². The zero-order chi connectivity index (χ0) is 18.9. The number of allylic oxidation sites excluding steroid dienone is 1. The van der Waals surface area contributed by atoms with E-state index in [1.165, 1.54) is 19.4 Å². The van der Waals surface area contributed by atoms with Crippen LogP contribution in [0.2, 0.25) is 0 Å². The van der Waals surface area contributed by atoms with Crippen molar-refractivity contribution in [2.75, 3.05) is 13.7 Å². The van der Waals surface area contributed by atoms with E-state index in [9.17, 15) is 4.39 Å². The highest BCUT2D eigenvalue weighted by Crippen LogP contribution is 2.29. The maximum absolute atomic E-state index is 14.2. The van der Waals surface area contributed by atoms with Crippen LogP contribution in [0.15, 0.2) is 47.6 Å². The molecule has 0 amide bonds. The normalized spacial score (nSPS) is 11.3. The lowest BCUT2D eigenvalue weighted by molar-refractivity contribution is 0.215. The van der Waals surface area contributed by atoms with Gasteiger partial charge in [0.25, 0.3) is 0 Å². The van der Waals surface area contributed by atoms with Crippen LogP contribution in [-0.4, -0.2) is 19.9 Å². The molecule has 0 radical (unpaired) electrons. The van der Waals surface area contributed by atoms with Crippen molar-refractivity contribution in [1.82, 2.24) is 0 Å². The van der Waals surface area contributed by atoms with E-state index in [0.717, 1.165) is 22.6 Å². The summed E-state index contributed by atoms with van der Waals surface area (Å²) in [5.41, 5.74) is 3.00. The molecule has 0 N–H and O–H groups in total. The third-order valence-corrected chi connectivity index (χ3v) is 3.77. The minimum absolute atomic E-state index is 0.147. The van der Waals surface area contributed by atoms with Gasteiger partial charge >= 0.3 is 0 Å². The first-order valence-electron chi connectivity index (χ1n) is 8.38. The zero-order valence-electron chi connectivity index (χ0n) is 15.6. The molecule has 0 aliphatic rings. The van der Waals surface area contributed by atoms with Gasteiger partial charge in [-0.3, -0.25) is 0 Å². The smallest absolute Gasteiger partial charge is 0.130 e. The van der Waals surface area contributed by atoms with Gasteiger partial charge < -0.3 is 14.3 Å². The molecule has 0 unspecified atom stereocenters. The van der Waals surface area contributed by atoms with E-state index in [2.05, 4.69) is 9.99 Å². The number of nitrogens with zero attached hydrogens (tertiary/aromatic N) is 1. The first-order valence-corrected chi connectivity index (χ1v) is 8.38. The Hall–Kier alpha value is -2.82. The fourth-order valence-corrected chi connectivity index (χ4v) is 2.49. The molecule has 0 aromatic heterocycles. The Bertz CT molecular complexity index is 777. The second kappa shape index (κ2) is 9.61. The minimum Gasteiger partial charge on any atom is -0.490 e. The van der Waals surface area contributed by atoms with Crippen molar-refractivity contribution in [2.24, 2.45) is 5.16 Å². The van der Waals surface area contributed by atoms with Crippen LogP contribution in [0.1, 0.15) is 29.2 Å². The van der Waals surface area contributed by atoms with Crippen molar-refractivity contribution in [3.8, 4) is 11.5 Å². The largest absolute Gasteiger partial charge is 0.490 e. The third-order valence-electron chi connectivity index (χ3n) is 3.77. The number of aryl methyl sites for hydroxylation is 2. The first-order chi connectivity index (χ1) is 12.5. The fourth-order valence-electron chi connectivity index (χ4n) is 2.49. The van der Waals surface area contributed by atoms with Crippen LogP contribution >= 0.6 is 0 Å². The summed E-state index contributed by atoms with van der Waals surface area (Å²) in [5, 5.41) is 3.63. The summed E-state index contributed by atoms with van der Waals surface area (Å²) in [5.74, 6) is 1.19. The Morgan fingerprint density at radius 1 is 1.08 bits per heavy atom. The van der Waals surface area contributed by atoms with Gasteiger partial charge in [-0.05, 0) is 55.7 Å². The number of hydrogen-bond donors (Lipinski definition) is 0. The maximum atomic E-state index is 14.2. The Morgan fingerprint density at radius 3 is 2.42 bits per heavy atom. The van der Waals surface area contributed by atoms with Crippen molar-refractivity contribution in [3.05, 3.63) is 70.6 Å². The monoisotopic (exact) mass is 357 g/mol. The number of benzene rings is 2. The van der Waals surface area contributed by atoms with Gasteiger partial charge in [0, 0.05) is 5.56 Å². The molecule has 26 heavy (non-hydrogen) atoms. The Balaban J connectivity index is 2.08. The molecule has 0 bridgehead atoms. The van der Waals surface area contributed by atoms with Gasteiger partial charge in [0.15, 0.2) is 0 Å². The minimum atomic E-state index is -0.341. The van der Waals surface area contributed by atoms with Crippen LogP contribution in [0.5, 0.6) is 11.5 Å². The molecule has 0 fully saturated rings. The molecular formula is C21H24FNO3. The average molecular weight is 357 g/mol. The average Bonchev–Trinajstić information content (AvgIpc) is 2.61. The fraction of sp³-hybridized carbons (Fsp3) is 0.286. The van der Waals surface area contributed by atoms with E-state index in [1.807, 2.05) is 45.1 Å². The lowest BCUT2D eigenvalue weighted by Gasteiger charge is -2.15. The van der Waals surface area contributed by atoms with Crippen LogP contribution in [-0.2, 0) is 11.4 Å². The second-order valence-corrected chi connectivity index (χ2v) is 5.82. The summed E-state index contributed by atoms with van der Waals surface area (Å²) in [6, 6.07) is 8.70. The molecule has 0 saturated carbocycles.